The minimum Gasteiger partial charge on any atom is -0.377 e. The maximum absolute atomic E-state index is 11.7. The summed E-state index contributed by atoms with van der Waals surface area (Å²) in [6.45, 7) is 0.332. The van der Waals surface area contributed by atoms with Gasteiger partial charge in [-0.3, -0.25) is 4.63 Å². The van der Waals surface area contributed by atoms with Gasteiger partial charge in [-0.25, -0.2) is 0 Å². The second-order valence-electron chi connectivity index (χ2n) is 4.45. The summed E-state index contributed by atoms with van der Waals surface area (Å²) < 4.78 is 5.72. The van der Waals surface area contributed by atoms with E-state index in [0.717, 1.165) is 15.7 Å². The largest absolute Gasteiger partial charge is 0.377 e. The Hall–Kier alpha value is -2.34. The van der Waals surface area contributed by atoms with Gasteiger partial charge in [0.2, 0.25) is 5.69 Å². The molecule has 0 spiro atoms. The highest BCUT2D eigenvalue weighted by molar-refractivity contribution is 9.10. The van der Waals surface area contributed by atoms with Gasteiger partial charge in [-0.2, -0.15) is 0 Å². The highest BCUT2D eigenvalue weighted by atomic mass is 79.9. The number of rotatable bonds is 4. The van der Waals surface area contributed by atoms with Crippen LogP contribution in [0.3, 0.4) is 0 Å². The average Bonchev–Trinajstić information content (AvgIpc) is 2.89. The monoisotopic (exact) mass is 345 g/mol. The zero-order valence-electron chi connectivity index (χ0n) is 11.0. The molecule has 0 atom stereocenters. The number of hydrogen-bond donors (Lipinski definition) is 1. The number of nitrogens with zero attached hydrogens (tertiary/aromatic N) is 2. The Balaban J connectivity index is 1.82. The van der Waals surface area contributed by atoms with Crippen molar-refractivity contribution in [2.24, 2.45) is 0 Å². The van der Waals surface area contributed by atoms with Gasteiger partial charge in [0.1, 0.15) is 0 Å². The van der Waals surface area contributed by atoms with Crippen LogP contribution in [-0.2, 0) is 6.54 Å². The first-order valence-electron chi connectivity index (χ1n) is 6.37. The zero-order valence-corrected chi connectivity index (χ0v) is 12.6. The number of hydrogen-bond acceptors (Lipinski definition) is 4. The van der Waals surface area contributed by atoms with Crippen LogP contribution >= 0.6 is 15.9 Å². The molecular formula is C15H12BrN3O2. The van der Waals surface area contributed by atoms with Crippen molar-refractivity contribution in [3.05, 3.63) is 70.0 Å². The Morgan fingerprint density at radius 3 is 2.52 bits per heavy atom. The van der Waals surface area contributed by atoms with Crippen LogP contribution in [0.15, 0.2) is 63.7 Å². The standard InChI is InChI=1S/C15H12BrN3O2/c16-12-6-8-13(9-7-12)17-10-14-15(18-21-19(14)20)11-4-2-1-3-5-11/h1-9,17H,10H2. The molecule has 1 heterocycles. The third kappa shape index (κ3) is 3.05. The summed E-state index contributed by atoms with van der Waals surface area (Å²) >= 11 is 3.38. The Morgan fingerprint density at radius 2 is 1.81 bits per heavy atom. The molecule has 0 radical (unpaired) electrons. The van der Waals surface area contributed by atoms with Crippen LogP contribution in [0.5, 0.6) is 0 Å². The Bertz CT molecular complexity index is 726. The number of anilines is 1. The summed E-state index contributed by atoms with van der Waals surface area (Å²) in [6, 6.07) is 17.2. The molecule has 21 heavy (non-hydrogen) atoms. The van der Waals surface area contributed by atoms with Crippen molar-refractivity contribution in [1.82, 2.24) is 5.16 Å². The molecule has 0 fully saturated rings. The molecule has 1 N–H and O–H groups in total. The predicted octanol–water partition coefficient (Wildman–Crippen LogP) is 3.35. The Morgan fingerprint density at radius 1 is 1.10 bits per heavy atom. The fourth-order valence-electron chi connectivity index (χ4n) is 1.98. The Kier molecular flexibility index (Phi) is 3.87. The summed E-state index contributed by atoms with van der Waals surface area (Å²) in [7, 11) is 0. The number of halogens is 1. The molecule has 0 aliphatic carbocycles. The van der Waals surface area contributed by atoms with Gasteiger partial charge >= 0.3 is 0 Å². The molecule has 3 rings (SSSR count). The lowest BCUT2D eigenvalue weighted by Gasteiger charge is -2.04. The summed E-state index contributed by atoms with van der Waals surface area (Å²) in [4.78, 5) is 0.439. The summed E-state index contributed by atoms with van der Waals surface area (Å²) in [5.74, 6) is 0. The van der Waals surface area contributed by atoms with Gasteiger partial charge in [0.25, 0.3) is 5.69 Å². The van der Waals surface area contributed by atoms with Gasteiger partial charge in [0.05, 0.1) is 6.54 Å². The number of nitrogens with one attached hydrogen (secondary N) is 1. The molecule has 5 nitrogen and oxygen atoms in total. The van der Waals surface area contributed by atoms with Crippen molar-refractivity contribution in [3.63, 3.8) is 0 Å². The lowest BCUT2D eigenvalue weighted by molar-refractivity contribution is -0.807. The quantitative estimate of drug-likeness (QED) is 0.736. The third-order valence-electron chi connectivity index (χ3n) is 3.05. The molecule has 0 saturated carbocycles. The molecule has 0 saturated heterocycles. The van der Waals surface area contributed by atoms with Crippen molar-refractivity contribution < 1.29 is 9.53 Å². The normalized spacial score (nSPS) is 10.5. The van der Waals surface area contributed by atoms with Crippen LogP contribution < -0.4 is 10.2 Å². The third-order valence-corrected chi connectivity index (χ3v) is 3.58. The predicted molar refractivity (Wildman–Crippen MR) is 82.4 cm³/mol. The number of aromatic nitrogens is 2. The SMILES string of the molecule is [O-][n+]1onc(-c2ccccc2)c1CNc1ccc(Br)cc1. The van der Waals surface area contributed by atoms with Crippen LogP contribution in [0.1, 0.15) is 5.69 Å². The van der Waals surface area contributed by atoms with Crippen molar-refractivity contribution in [3.8, 4) is 11.3 Å². The maximum Gasteiger partial charge on any atom is 0.253 e. The Labute approximate surface area is 129 Å². The topological polar surface area (TPSA) is 65.0 Å². The van der Waals surface area contributed by atoms with Crippen LogP contribution in [0.25, 0.3) is 11.3 Å². The van der Waals surface area contributed by atoms with Gasteiger partial charge < -0.3 is 10.5 Å². The zero-order chi connectivity index (χ0) is 14.7. The molecule has 106 valence electrons. The molecule has 0 bridgehead atoms. The van der Waals surface area contributed by atoms with Crippen molar-refractivity contribution in [2.75, 3.05) is 5.32 Å². The first-order chi connectivity index (χ1) is 10.2. The second kappa shape index (κ2) is 5.97. The molecular weight excluding hydrogens is 334 g/mol. The average molecular weight is 346 g/mol. The summed E-state index contributed by atoms with van der Waals surface area (Å²) in [6.07, 6.45) is 0. The summed E-state index contributed by atoms with van der Waals surface area (Å²) in [5, 5.41) is 18.8. The van der Waals surface area contributed by atoms with E-state index in [9.17, 15) is 5.21 Å². The van der Waals surface area contributed by atoms with Gasteiger partial charge in [-0.1, -0.05) is 46.3 Å². The minimum absolute atomic E-state index is 0.332. The fourth-order valence-corrected chi connectivity index (χ4v) is 2.25. The van der Waals surface area contributed by atoms with E-state index in [1.807, 2.05) is 54.6 Å². The van der Waals surface area contributed by atoms with Gasteiger partial charge in [-0.05, 0) is 29.2 Å². The second-order valence-corrected chi connectivity index (χ2v) is 5.37. The van der Waals surface area contributed by atoms with E-state index < -0.39 is 0 Å². The van der Waals surface area contributed by atoms with Crippen LogP contribution in [-0.4, -0.2) is 5.16 Å². The van der Waals surface area contributed by atoms with Gasteiger partial charge in [0, 0.05) is 20.9 Å². The van der Waals surface area contributed by atoms with Gasteiger partial charge in [0.15, 0.2) is 0 Å². The lowest BCUT2D eigenvalue weighted by atomic mass is 10.1. The van der Waals surface area contributed by atoms with E-state index in [4.69, 9.17) is 4.63 Å². The smallest absolute Gasteiger partial charge is 0.253 e. The van der Waals surface area contributed by atoms with Crippen molar-refractivity contribution in [1.29, 1.82) is 0 Å². The van der Waals surface area contributed by atoms with Crippen molar-refractivity contribution >= 4 is 21.6 Å². The minimum atomic E-state index is 0.332. The molecule has 3 aromatic rings. The van der Waals surface area contributed by atoms with E-state index >= 15 is 0 Å². The van der Waals surface area contributed by atoms with Gasteiger partial charge in [-0.15, -0.1) is 0 Å². The number of benzene rings is 2. The van der Waals surface area contributed by atoms with E-state index in [-0.39, 0.29) is 0 Å². The van der Waals surface area contributed by atoms with E-state index in [0.29, 0.717) is 22.8 Å². The van der Waals surface area contributed by atoms with E-state index in [1.54, 1.807) is 0 Å². The van der Waals surface area contributed by atoms with E-state index in [1.165, 1.54) is 0 Å². The van der Waals surface area contributed by atoms with E-state index in [2.05, 4.69) is 26.4 Å². The summed E-state index contributed by atoms with van der Waals surface area (Å²) in [5.41, 5.74) is 2.76. The first-order valence-corrected chi connectivity index (χ1v) is 7.17. The molecule has 2 aromatic carbocycles. The van der Waals surface area contributed by atoms with Crippen molar-refractivity contribution in [2.45, 2.75) is 6.54 Å². The lowest BCUT2D eigenvalue weighted by Crippen LogP contribution is -2.29. The fraction of sp³-hybridized carbons (Fsp3) is 0.0667. The maximum atomic E-state index is 11.7. The molecule has 6 heteroatoms. The van der Waals surface area contributed by atoms with Crippen LogP contribution in [0.4, 0.5) is 5.69 Å². The van der Waals surface area contributed by atoms with Crippen LogP contribution in [0, 0.1) is 5.21 Å². The molecule has 0 aliphatic heterocycles. The van der Waals surface area contributed by atoms with Crippen LogP contribution in [0.2, 0.25) is 0 Å². The molecule has 0 amide bonds. The molecule has 1 aromatic heterocycles. The highest BCUT2D eigenvalue weighted by Crippen LogP contribution is 2.20. The molecule has 0 aliphatic rings. The highest BCUT2D eigenvalue weighted by Gasteiger charge is 2.20. The molecule has 0 unspecified atom stereocenters. The first kappa shape index (κ1) is 13.6.